The number of carboxylic acid groups (broad SMARTS) is 1. The van der Waals surface area contributed by atoms with Gasteiger partial charge in [-0.3, -0.25) is 28.8 Å². The molecule has 16 nitrogen and oxygen atoms in total. The summed E-state index contributed by atoms with van der Waals surface area (Å²) in [4.78, 5) is 88.7. The van der Waals surface area contributed by atoms with E-state index in [1.807, 2.05) is 13.8 Å². The highest BCUT2D eigenvalue weighted by atomic mass is 16.4. The first-order chi connectivity index (χ1) is 24.3. The van der Waals surface area contributed by atoms with Crippen LogP contribution in [0.25, 0.3) is 0 Å². The molecule has 0 aromatic heterocycles. The molecule has 0 spiro atoms. The van der Waals surface area contributed by atoms with Crippen LogP contribution >= 0.6 is 0 Å². The molecule has 0 saturated heterocycles. The van der Waals surface area contributed by atoms with Crippen LogP contribution in [-0.2, 0) is 40.0 Å². The van der Waals surface area contributed by atoms with E-state index in [0.717, 1.165) is 0 Å². The predicted octanol–water partition coefficient (Wildman–Crippen LogP) is -0.150. The van der Waals surface area contributed by atoms with Crippen LogP contribution in [0.5, 0.6) is 0 Å². The Balaban J connectivity index is 2.92. The summed E-state index contributed by atoms with van der Waals surface area (Å²) in [5.41, 5.74) is 11.9. The number of nitrogens with two attached hydrogens (primary N) is 2. The number of aliphatic carboxylic acids is 1. The molecule has 0 unspecified atom stereocenters. The van der Waals surface area contributed by atoms with Gasteiger partial charge in [0.05, 0.1) is 24.6 Å². The molecule has 1 aromatic carbocycles. The summed E-state index contributed by atoms with van der Waals surface area (Å²) in [7, 11) is 0. The molecule has 1 rings (SSSR count). The average molecular weight is 734 g/mol. The molecule has 0 aliphatic carbocycles. The molecule has 1 aromatic rings. The SMILES string of the molecule is CCC[C@H](NC(=O)[C@H](C)NC(=O)[C@H](C)C[C@H](O)[C@H](CC(C)C)NC(=O)[C@@H](CC(N)=O)NC(=O)[C@H](N)C(C)C)C(=O)N[C@@H](Cc1ccccc1)C(=O)O. The van der Waals surface area contributed by atoms with Crippen LogP contribution in [0.1, 0.15) is 86.1 Å². The van der Waals surface area contributed by atoms with Crippen molar-refractivity contribution in [2.45, 2.75) is 129 Å². The van der Waals surface area contributed by atoms with Crippen LogP contribution in [0.4, 0.5) is 0 Å². The van der Waals surface area contributed by atoms with E-state index in [0.29, 0.717) is 12.0 Å². The van der Waals surface area contributed by atoms with E-state index in [9.17, 15) is 43.8 Å². The van der Waals surface area contributed by atoms with E-state index in [-0.39, 0.29) is 37.5 Å². The van der Waals surface area contributed by atoms with Crippen molar-refractivity contribution in [3.05, 3.63) is 35.9 Å². The van der Waals surface area contributed by atoms with Gasteiger partial charge in [0.25, 0.3) is 0 Å². The number of carboxylic acids is 1. The maximum Gasteiger partial charge on any atom is 0.326 e. The van der Waals surface area contributed by atoms with Gasteiger partial charge in [-0.2, -0.15) is 0 Å². The lowest BCUT2D eigenvalue weighted by atomic mass is 9.92. The second kappa shape index (κ2) is 22.4. The molecular formula is C36H59N7O9. The molecule has 52 heavy (non-hydrogen) atoms. The number of nitrogens with one attached hydrogen (secondary N) is 5. The highest BCUT2D eigenvalue weighted by Crippen LogP contribution is 2.17. The van der Waals surface area contributed by atoms with Crippen LogP contribution in [-0.4, -0.2) is 94.0 Å². The predicted molar refractivity (Wildman–Crippen MR) is 194 cm³/mol. The van der Waals surface area contributed by atoms with Crippen molar-refractivity contribution in [2.24, 2.45) is 29.2 Å². The molecule has 6 amide bonds. The lowest BCUT2D eigenvalue weighted by molar-refractivity contribution is -0.142. The fourth-order valence-corrected chi connectivity index (χ4v) is 5.32. The van der Waals surface area contributed by atoms with E-state index < -0.39 is 96.1 Å². The molecular weight excluding hydrogens is 674 g/mol. The molecule has 292 valence electrons. The molecule has 0 fully saturated rings. The van der Waals surface area contributed by atoms with Gasteiger partial charge in [-0.15, -0.1) is 0 Å². The summed E-state index contributed by atoms with van der Waals surface area (Å²) in [6.07, 6.45) is -0.811. The van der Waals surface area contributed by atoms with Crippen molar-refractivity contribution in [1.29, 1.82) is 0 Å². The number of aliphatic hydroxyl groups is 1. The molecule has 11 N–H and O–H groups in total. The summed E-state index contributed by atoms with van der Waals surface area (Å²) in [5.74, 6) is -6.48. The quantitative estimate of drug-likeness (QED) is 0.0718. The number of benzene rings is 1. The number of carbonyl (C=O) groups is 7. The maximum atomic E-state index is 13.2. The Morgan fingerprint density at radius 3 is 1.79 bits per heavy atom. The van der Waals surface area contributed by atoms with E-state index in [1.54, 1.807) is 51.1 Å². The van der Waals surface area contributed by atoms with E-state index in [4.69, 9.17) is 11.5 Å². The van der Waals surface area contributed by atoms with Gasteiger partial charge in [0.15, 0.2) is 0 Å². The first kappa shape index (κ1) is 45.5. The number of aliphatic hydroxyl groups excluding tert-OH is 1. The van der Waals surface area contributed by atoms with Crippen LogP contribution in [0.3, 0.4) is 0 Å². The van der Waals surface area contributed by atoms with Gasteiger partial charge in [-0.05, 0) is 43.6 Å². The summed E-state index contributed by atoms with van der Waals surface area (Å²) in [6, 6.07) is 2.26. The topological polar surface area (TPSA) is 272 Å². The van der Waals surface area contributed by atoms with Gasteiger partial charge in [0.1, 0.15) is 24.2 Å². The molecule has 0 bridgehead atoms. The minimum atomic E-state index is -1.34. The number of rotatable bonds is 23. The Hall–Kier alpha value is -4.57. The molecule has 0 heterocycles. The summed E-state index contributed by atoms with van der Waals surface area (Å²) in [6.45, 7) is 11.9. The molecule has 0 saturated carbocycles. The number of hydrogen-bond acceptors (Lipinski definition) is 9. The van der Waals surface area contributed by atoms with Gasteiger partial charge in [0, 0.05) is 12.3 Å². The number of carbonyl (C=O) groups excluding carboxylic acids is 6. The summed E-state index contributed by atoms with van der Waals surface area (Å²) < 4.78 is 0. The zero-order chi connectivity index (χ0) is 39.7. The third-order valence-electron chi connectivity index (χ3n) is 8.48. The summed E-state index contributed by atoms with van der Waals surface area (Å²) >= 11 is 0. The fourth-order valence-electron chi connectivity index (χ4n) is 5.32. The van der Waals surface area contributed by atoms with Crippen molar-refractivity contribution in [1.82, 2.24) is 26.6 Å². The normalized spacial score (nSPS) is 15.9. The Labute approximate surface area is 306 Å². The monoisotopic (exact) mass is 733 g/mol. The number of primary amides is 1. The third-order valence-corrected chi connectivity index (χ3v) is 8.48. The van der Waals surface area contributed by atoms with Crippen LogP contribution < -0.4 is 38.1 Å². The van der Waals surface area contributed by atoms with E-state index in [1.165, 1.54) is 13.8 Å². The second-order valence-electron chi connectivity index (χ2n) is 14.1. The average Bonchev–Trinajstić information content (AvgIpc) is 3.06. The molecule has 0 aliphatic heterocycles. The Morgan fingerprint density at radius 1 is 0.712 bits per heavy atom. The maximum absolute atomic E-state index is 13.2. The summed E-state index contributed by atoms with van der Waals surface area (Å²) in [5, 5.41) is 33.7. The van der Waals surface area contributed by atoms with Crippen LogP contribution in [0, 0.1) is 17.8 Å². The smallest absolute Gasteiger partial charge is 0.326 e. The molecule has 0 radical (unpaired) electrons. The van der Waals surface area contributed by atoms with Gasteiger partial charge in [-0.1, -0.05) is 78.3 Å². The molecule has 8 atom stereocenters. The lowest BCUT2D eigenvalue weighted by Crippen LogP contribution is -2.57. The number of hydrogen-bond donors (Lipinski definition) is 9. The van der Waals surface area contributed by atoms with E-state index in [2.05, 4.69) is 26.6 Å². The van der Waals surface area contributed by atoms with Gasteiger partial charge < -0.3 is 48.3 Å². The Kier molecular flexibility index (Phi) is 19.6. The number of amides is 6. The van der Waals surface area contributed by atoms with Crippen molar-refractivity contribution in [3.63, 3.8) is 0 Å². The Bertz CT molecular complexity index is 1360. The highest BCUT2D eigenvalue weighted by Gasteiger charge is 2.33. The molecule has 16 heteroatoms. The molecule has 0 aliphatic rings. The van der Waals surface area contributed by atoms with Gasteiger partial charge in [0.2, 0.25) is 35.4 Å². The van der Waals surface area contributed by atoms with Crippen molar-refractivity contribution in [3.8, 4) is 0 Å². The van der Waals surface area contributed by atoms with Crippen LogP contribution in [0.2, 0.25) is 0 Å². The van der Waals surface area contributed by atoms with Gasteiger partial charge in [-0.25, -0.2) is 4.79 Å². The minimum absolute atomic E-state index is 0.0104. The lowest BCUT2D eigenvalue weighted by Gasteiger charge is -2.30. The minimum Gasteiger partial charge on any atom is -0.480 e. The van der Waals surface area contributed by atoms with Crippen molar-refractivity contribution in [2.75, 3.05) is 0 Å². The van der Waals surface area contributed by atoms with Crippen LogP contribution in [0.15, 0.2) is 30.3 Å². The van der Waals surface area contributed by atoms with E-state index >= 15 is 0 Å². The largest absolute Gasteiger partial charge is 0.480 e. The third kappa shape index (κ3) is 16.2. The zero-order valence-corrected chi connectivity index (χ0v) is 31.3. The first-order valence-corrected chi connectivity index (χ1v) is 17.8. The van der Waals surface area contributed by atoms with Gasteiger partial charge >= 0.3 is 5.97 Å². The highest BCUT2D eigenvalue weighted by molar-refractivity contribution is 5.94. The second-order valence-corrected chi connectivity index (χ2v) is 14.1. The van der Waals surface area contributed by atoms with Crippen molar-refractivity contribution < 1.29 is 43.8 Å². The standard InChI is InChI=1S/C36H59N7O9/c1-8-12-24(33(48)43-27(36(51)52)17-23-13-10-9-11-14-23)40-32(47)22(7)39-31(46)21(6)16-28(44)25(15-19(2)3)41-34(49)26(18-29(37)45)42-35(50)30(38)20(4)5/h9-11,13-14,19-22,24-28,30,44H,8,12,15-18,38H2,1-7H3,(H2,37,45)(H,39,46)(H,40,47)(H,41,49)(H,42,50)(H,43,48)(H,51,52)/t21-,22+,24+,25+,26-,27+,28+,30-/m1/s1. The zero-order valence-electron chi connectivity index (χ0n) is 31.3. The van der Waals surface area contributed by atoms with Crippen molar-refractivity contribution >= 4 is 41.4 Å². The Morgan fingerprint density at radius 2 is 1.27 bits per heavy atom. The fraction of sp³-hybridized carbons (Fsp3) is 0.639. The first-order valence-electron chi connectivity index (χ1n) is 17.8.